The maximum atomic E-state index is 12.2. The molecule has 0 heterocycles. The predicted molar refractivity (Wildman–Crippen MR) is 90.1 cm³/mol. The molecule has 0 spiro atoms. The molecule has 1 unspecified atom stereocenters. The summed E-state index contributed by atoms with van der Waals surface area (Å²) >= 11 is 0. The van der Waals surface area contributed by atoms with Gasteiger partial charge in [-0.2, -0.15) is 0 Å². The largest absolute Gasteiger partial charge is 0.396 e. The van der Waals surface area contributed by atoms with Crippen molar-refractivity contribution in [1.82, 2.24) is 5.32 Å². The van der Waals surface area contributed by atoms with Crippen LogP contribution in [0.25, 0.3) is 0 Å². The highest BCUT2D eigenvalue weighted by molar-refractivity contribution is 5.92. The monoisotopic (exact) mass is 305 g/mol. The lowest BCUT2D eigenvalue weighted by Gasteiger charge is -2.44. The number of carbonyl (C=O) groups is 1. The van der Waals surface area contributed by atoms with E-state index in [1.807, 2.05) is 30.3 Å². The average Bonchev–Trinajstić information content (AvgIpc) is 2.55. The summed E-state index contributed by atoms with van der Waals surface area (Å²) < 4.78 is 0.712. The molecule has 1 aromatic rings. The van der Waals surface area contributed by atoms with Crippen molar-refractivity contribution in [2.45, 2.75) is 33.4 Å². The van der Waals surface area contributed by atoms with E-state index in [0.29, 0.717) is 16.5 Å². The summed E-state index contributed by atoms with van der Waals surface area (Å²) in [6.07, 6.45) is 0.584. The summed E-state index contributed by atoms with van der Waals surface area (Å²) in [6, 6.07) is 10.0. The van der Waals surface area contributed by atoms with Gasteiger partial charge in [-0.3, -0.25) is 10.1 Å². The third kappa shape index (κ3) is 4.42. The third-order valence-electron chi connectivity index (χ3n) is 4.34. The van der Waals surface area contributed by atoms with E-state index in [0.717, 1.165) is 25.2 Å². The van der Waals surface area contributed by atoms with Crippen LogP contribution in [0, 0.1) is 0 Å². The van der Waals surface area contributed by atoms with E-state index < -0.39 is 0 Å². The Kier molecular flexibility index (Phi) is 7.28. The van der Waals surface area contributed by atoms with Crippen molar-refractivity contribution < 1.29 is 14.4 Å². The first-order chi connectivity index (χ1) is 10.5. The van der Waals surface area contributed by atoms with E-state index in [2.05, 4.69) is 25.7 Å². The Hall–Kier alpha value is -1.65. The molecule has 4 nitrogen and oxygen atoms in total. The number of quaternary nitrogens is 1. The highest BCUT2D eigenvalue weighted by Gasteiger charge is 2.36. The van der Waals surface area contributed by atoms with Gasteiger partial charge in [0, 0.05) is 24.2 Å². The SMILES string of the molecule is C=C(C)C(=O)NC(c1ccccc1)[N+](CC)(CC)CCCO. The van der Waals surface area contributed by atoms with Gasteiger partial charge in [0.15, 0.2) is 6.17 Å². The van der Waals surface area contributed by atoms with Crippen LogP contribution in [0.4, 0.5) is 0 Å². The van der Waals surface area contributed by atoms with Crippen LogP contribution in [0.1, 0.15) is 38.9 Å². The van der Waals surface area contributed by atoms with Crippen molar-refractivity contribution in [1.29, 1.82) is 0 Å². The molecule has 0 radical (unpaired) electrons. The van der Waals surface area contributed by atoms with Gasteiger partial charge in [0.1, 0.15) is 0 Å². The first-order valence-corrected chi connectivity index (χ1v) is 7.98. The zero-order valence-corrected chi connectivity index (χ0v) is 14.0. The van der Waals surface area contributed by atoms with Gasteiger partial charge in [0.2, 0.25) is 0 Å². The third-order valence-corrected chi connectivity index (χ3v) is 4.34. The molecule has 22 heavy (non-hydrogen) atoms. The van der Waals surface area contributed by atoms with E-state index in [4.69, 9.17) is 0 Å². The van der Waals surface area contributed by atoms with E-state index in [9.17, 15) is 9.90 Å². The molecule has 2 N–H and O–H groups in total. The Balaban J connectivity index is 3.20. The summed E-state index contributed by atoms with van der Waals surface area (Å²) in [6.45, 7) is 12.5. The van der Waals surface area contributed by atoms with Crippen LogP contribution in [0.2, 0.25) is 0 Å². The molecule has 0 aliphatic carbocycles. The van der Waals surface area contributed by atoms with Gasteiger partial charge in [0.05, 0.1) is 19.6 Å². The first-order valence-electron chi connectivity index (χ1n) is 7.98. The fourth-order valence-corrected chi connectivity index (χ4v) is 2.84. The molecule has 4 heteroatoms. The maximum absolute atomic E-state index is 12.2. The number of nitrogens with zero attached hydrogens (tertiary/aromatic N) is 1. The predicted octanol–water partition coefficient (Wildman–Crippen LogP) is 2.62. The van der Waals surface area contributed by atoms with Crippen LogP contribution in [0.15, 0.2) is 42.5 Å². The van der Waals surface area contributed by atoms with Gasteiger partial charge in [-0.25, -0.2) is 0 Å². The number of carbonyl (C=O) groups excluding carboxylic acids is 1. The second-order valence-corrected chi connectivity index (χ2v) is 5.72. The number of aliphatic hydroxyl groups excluding tert-OH is 1. The summed E-state index contributed by atoms with van der Waals surface area (Å²) in [4.78, 5) is 12.2. The molecule has 0 aromatic heterocycles. The van der Waals surface area contributed by atoms with Crippen molar-refractivity contribution in [2.24, 2.45) is 0 Å². The van der Waals surface area contributed by atoms with Crippen molar-refractivity contribution in [3.63, 3.8) is 0 Å². The molecule has 1 rings (SSSR count). The molecule has 0 aliphatic heterocycles. The van der Waals surface area contributed by atoms with E-state index in [-0.39, 0.29) is 18.7 Å². The van der Waals surface area contributed by atoms with Crippen LogP contribution in [-0.4, -0.2) is 41.7 Å². The minimum Gasteiger partial charge on any atom is -0.396 e. The zero-order chi connectivity index (χ0) is 16.6. The minimum atomic E-state index is -0.132. The number of amides is 1. The Labute approximate surface area is 134 Å². The Morgan fingerprint density at radius 3 is 2.32 bits per heavy atom. The average molecular weight is 305 g/mol. The molecular weight excluding hydrogens is 276 g/mol. The summed E-state index contributed by atoms with van der Waals surface area (Å²) in [7, 11) is 0. The summed E-state index contributed by atoms with van der Waals surface area (Å²) in [5.74, 6) is -0.123. The number of hydrogen-bond acceptors (Lipinski definition) is 2. The lowest BCUT2D eigenvalue weighted by Crippen LogP contribution is -2.57. The van der Waals surface area contributed by atoms with Crippen LogP contribution in [0.3, 0.4) is 0 Å². The van der Waals surface area contributed by atoms with E-state index in [1.165, 1.54) is 0 Å². The lowest BCUT2D eigenvalue weighted by molar-refractivity contribution is -0.956. The van der Waals surface area contributed by atoms with E-state index >= 15 is 0 Å². The van der Waals surface area contributed by atoms with Crippen molar-refractivity contribution in [2.75, 3.05) is 26.2 Å². The molecule has 0 bridgehead atoms. The number of benzene rings is 1. The molecular formula is C18H29N2O2+. The second-order valence-electron chi connectivity index (χ2n) is 5.72. The van der Waals surface area contributed by atoms with Gasteiger partial charge in [-0.1, -0.05) is 36.9 Å². The van der Waals surface area contributed by atoms with Crippen LogP contribution in [-0.2, 0) is 4.79 Å². The molecule has 1 atom stereocenters. The normalized spacial score (nSPS) is 12.7. The molecule has 122 valence electrons. The van der Waals surface area contributed by atoms with Gasteiger partial charge < -0.3 is 9.59 Å². The maximum Gasteiger partial charge on any atom is 0.251 e. The summed E-state index contributed by atoms with van der Waals surface area (Å²) in [5, 5.41) is 12.4. The van der Waals surface area contributed by atoms with Crippen LogP contribution >= 0.6 is 0 Å². The standard InChI is InChI=1S/C18H28N2O2/c1-5-20(6-2,13-10-14-21)17(19-18(22)15(3)4)16-11-8-7-9-12-16/h7-9,11-12,17,21H,3,5-6,10,13-14H2,1-2,4H3/p+1. The summed E-state index contributed by atoms with van der Waals surface area (Å²) in [5.41, 5.74) is 1.59. The number of aliphatic hydroxyl groups is 1. The first kappa shape index (κ1) is 18.4. The topological polar surface area (TPSA) is 49.3 Å². The van der Waals surface area contributed by atoms with Gasteiger partial charge >= 0.3 is 0 Å². The highest BCUT2D eigenvalue weighted by atomic mass is 16.3. The van der Waals surface area contributed by atoms with Gasteiger partial charge in [-0.05, 0) is 20.8 Å². The highest BCUT2D eigenvalue weighted by Crippen LogP contribution is 2.27. The van der Waals surface area contributed by atoms with Crippen molar-refractivity contribution in [3.05, 3.63) is 48.0 Å². The van der Waals surface area contributed by atoms with Crippen molar-refractivity contribution in [3.8, 4) is 0 Å². The Morgan fingerprint density at radius 2 is 1.86 bits per heavy atom. The molecule has 1 amide bonds. The Morgan fingerprint density at radius 1 is 1.27 bits per heavy atom. The zero-order valence-electron chi connectivity index (χ0n) is 14.0. The van der Waals surface area contributed by atoms with Crippen LogP contribution < -0.4 is 5.32 Å². The Bertz CT molecular complexity index is 481. The lowest BCUT2D eigenvalue weighted by atomic mass is 10.1. The second kappa shape index (κ2) is 8.71. The molecule has 1 aromatic carbocycles. The minimum absolute atomic E-state index is 0.123. The smallest absolute Gasteiger partial charge is 0.251 e. The van der Waals surface area contributed by atoms with Crippen molar-refractivity contribution >= 4 is 5.91 Å². The molecule has 0 saturated heterocycles. The van der Waals surface area contributed by atoms with Crippen LogP contribution in [0.5, 0.6) is 0 Å². The molecule has 0 aliphatic rings. The molecule has 0 saturated carbocycles. The van der Waals surface area contributed by atoms with Gasteiger partial charge in [0.25, 0.3) is 5.91 Å². The number of rotatable bonds is 9. The number of hydrogen-bond donors (Lipinski definition) is 2. The number of nitrogens with one attached hydrogen (secondary N) is 1. The fraction of sp³-hybridized carbons (Fsp3) is 0.500. The van der Waals surface area contributed by atoms with Gasteiger partial charge in [-0.15, -0.1) is 0 Å². The van der Waals surface area contributed by atoms with E-state index in [1.54, 1.807) is 6.92 Å². The fourth-order valence-electron chi connectivity index (χ4n) is 2.84. The molecule has 0 fully saturated rings. The quantitative estimate of drug-likeness (QED) is 0.418.